The van der Waals surface area contributed by atoms with Crippen LogP contribution >= 0.6 is 43.4 Å². The highest BCUT2D eigenvalue weighted by molar-refractivity contribution is 9.13. The van der Waals surface area contributed by atoms with Gasteiger partial charge in [-0.2, -0.15) is 4.37 Å². The van der Waals surface area contributed by atoms with Crippen molar-refractivity contribution in [3.63, 3.8) is 0 Å². The number of rotatable bonds is 3. The predicted octanol–water partition coefficient (Wildman–Crippen LogP) is 3.81. The van der Waals surface area contributed by atoms with Crippen LogP contribution in [0.4, 0.5) is 0 Å². The zero-order valence-electron chi connectivity index (χ0n) is 7.80. The van der Waals surface area contributed by atoms with Crippen LogP contribution < -0.4 is 0 Å². The van der Waals surface area contributed by atoms with Gasteiger partial charge < -0.3 is 4.74 Å². The lowest BCUT2D eigenvalue weighted by Gasteiger charge is -2.11. The average Bonchev–Trinajstić information content (AvgIpc) is 2.47. The summed E-state index contributed by atoms with van der Waals surface area (Å²) in [5.41, 5.74) is 0. The number of aromatic nitrogens is 1. The molecule has 0 aliphatic carbocycles. The standard InChI is InChI=1S/C8H10Br2N2OS/c1-3-4(2)13-8(11)6-5(9)7(10)12-14-6/h4,11H,3H2,1-2H3. The number of halogens is 2. The fraction of sp³-hybridized carbons (Fsp3) is 0.500. The van der Waals surface area contributed by atoms with Gasteiger partial charge in [0.2, 0.25) is 5.90 Å². The summed E-state index contributed by atoms with van der Waals surface area (Å²) in [5.74, 6) is 0.175. The smallest absolute Gasteiger partial charge is 0.226 e. The molecular weight excluding hydrogens is 332 g/mol. The second-order valence-electron chi connectivity index (χ2n) is 2.78. The van der Waals surface area contributed by atoms with E-state index in [9.17, 15) is 0 Å². The minimum Gasteiger partial charge on any atom is -0.474 e. The van der Waals surface area contributed by atoms with E-state index in [0.717, 1.165) is 20.4 Å². The highest BCUT2D eigenvalue weighted by Crippen LogP contribution is 2.30. The van der Waals surface area contributed by atoms with E-state index >= 15 is 0 Å². The molecule has 14 heavy (non-hydrogen) atoms. The third-order valence-electron chi connectivity index (χ3n) is 1.70. The second-order valence-corrected chi connectivity index (χ2v) is 5.10. The third kappa shape index (κ3) is 2.77. The van der Waals surface area contributed by atoms with Crippen molar-refractivity contribution in [3.05, 3.63) is 14.0 Å². The normalized spacial score (nSPS) is 12.6. The predicted molar refractivity (Wildman–Crippen MR) is 65.2 cm³/mol. The summed E-state index contributed by atoms with van der Waals surface area (Å²) in [7, 11) is 0. The summed E-state index contributed by atoms with van der Waals surface area (Å²) >= 11 is 7.85. The number of hydrogen-bond donors (Lipinski definition) is 1. The van der Waals surface area contributed by atoms with Crippen LogP contribution in [0.5, 0.6) is 0 Å². The molecule has 0 spiro atoms. The van der Waals surface area contributed by atoms with Gasteiger partial charge in [0.1, 0.15) is 9.48 Å². The summed E-state index contributed by atoms with van der Waals surface area (Å²) in [6.45, 7) is 3.97. The summed E-state index contributed by atoms with van der Waals surface area (Å²) in [6, 6.07) is 0. The first kappa shape index (κ1) is 12.1. The van der Waals surface area contributed by atoms with Crippen molar-refractivity contribution in [2.24, 2.45) is 0 Å². The SMILES string of the molecule is CCC(C)OC(=N)c1snc(Br)c1Br. The molecule has 0 saturated heterocycles. The Morgan fingerprint density at radius 3 is 2.71 bits per heavy atom. The first-order chi connectivity index (χ1) is 6.56. The molecule has 0 saturated carbocycles. The molecule has 1 heterocycles. The van der Waals surface area contributed by atoms with Gasteiger partial charge in [-0.15, -0.1) is 0 Å². The Morgan fingerprint density at radius 1 is 1.64 bits per heavy atom. The van der Waals surface area contributed by atoms with Gasteiger partial charge in [-0.1, -0.05) is 6.92 Å². The van der Waals surface area contributed by atoms with E-state index in [0.29, 0.717) is 0 Å². The second kappa shape index (κ2) is 5.23. The molecule has 0 fully saturated rings. The molecule has 0 aromatic carbocycles. The number of nitrogens with one attached hydrogen (secondary N) is 1. The Hall–Kier alpha value is 0.0600. The van der Waals surface area contributed by atoms with Gasteiger partial charge in [-0.05, 0) is 56.7 Å². The number of nitrogens with zero attached hydrogens (tertiary/aromatic N) is 1. The van der Waals surface area contributed by atoms with Crippen LogP contribution in [0.3, 0.4) is 0 Å². The molecule has 1 rings (SSSR count). The lowest BCUT2D eigenvalue weighted by molar-refractivity contribution is 0.203. The average molecular weight is 342 g/mol. The van der Waals surface area contributed by atoms with Gasteiger partial charge in [0.25, 0.3) is 0 Å². The molecule has 0 amide bonds. The zero-order chi connectivity index (χ0) is 10.7. The van der Waals surface area contributed by atoms with Crippen LogP contribution in [0.1, 0.15) is 25.1 Å². The summed E-state index contributed by atoms with van der Waals surface area (Å²) in [6.07, 6.45) is 0.954. The summed E-state index contributed by atoms with van der Waals surface area (Å²) in [4.78, 5) is 0.720. The topological polar surface area (TPSA) is 46.0 Å². The molecule has 1 unspecified atom stereocenters. The summed E-state index contributed by atoms with van der Waals surface area (Å²) < 4.78 is 10.9. The molecule has 0 bridgehead atoms. The first-order valence-electron chi connectivity index (χ1n) is 4.12. The molecule has 1 aromatic rings. The third-order valence-corrected chi connectivity index (χ3v) is 4.92. The quantitative estimate of drug-likeness (QED) is 0.671. The van der Waals surface area contributed by atoms with Gasteiger partial charge in [-0.25, -0.2) is 0 Å². The van der Waals surface area contributed by atoms with Gasteiger partial charge in [0.05, 0.1) is 10.6 Å². The molecule has 3 nitrogen and oxygen atoms in total. The van der Waals surface area contributed by atoms with Gasteiger partial charge in [0.15, 0.2) is 0 Å². The van der Waals surface area contributed by atoms with Crippen LogP contribution in [0.25, 0.3) is 0 Å². The van der Waals surface area contributed by atoms with Crippen molar-refractivity contribution in [2.45, 2.75) is 26.4 Å². The van der Waals surface area contributed by atoms with E-state index in [1.54, 1.807) is 0 Å². The van der Waals surface area contributed by atoms with Crippen LogP contribution in [0, 0.1) is 5.41 Å². The van der Waals surface area contributed by atoms with Crippen LogP contribution in [-0.4, -0.2) is 16.4 Å². The minimum absolute atomic E-state index is 0.0651. The first-order valence-corrected chi connectivity index (χ1v) is 6.48. The maximum atomic E-state index is 7.71. The monoisotopic (exact) mass is 340 g/mol. The molecule has 1 aromatic heterocycles. The van der Waals surface area contributed by atoms with Crippen LogP contribution in [-0.2, 0) is 4.74 Å². The van der Waals surface area contributed by atoms with Gasteiger partial charge in [0, 0.05) is 0 Å². The molecule has 1 N–H and O–H groups in total. The van der Waals surface area contributed by atoms with E-state index in [1.807, 2.05) is 13.8 Å². The molecule has 0 radical (unpaired) electrons. The van der Waals surface area contributed by atoms with E-state index < -0.39 is 0 Å². The van der Waals surface area contributed by atoms with Crippen molar-refractivity contribution < 1.29 is 4.74 Å². The summed E-state index contributed by atoms with van der Waals surface area (Å²) in [5, 5.41) is 7.71. The number of ether oxygens (including phenoxy) is 1. The maximum absolute atomic E-state index is 7.71. The Kier molecular flexibility index (Phi) is 4.53. The van der Waals surface area contributed by atoms with Crippen LogP contribution in [0.2, 0.25) is 0 Å². The van der Waals surface area contributed by atoms with E-state index in [1.165, 1.54) is 11.5 Å². The Morgan fingerprint density at radius 2 is 2.29 bits per heavy atom. The lowest BCUT2D eigenvalue weighted by atomic mass is 10.3. The van der Waals surface area contributed by atoms with Gasteiger partial charge in [-0.3, -0.25) is 5.41 Å². The molecule has 1 atom stereocenters. The number of hydrogen-bond acceptors (Lipinski definition) is 4. The molecular formula is C8H10Br2N2OS. The molecule has 0 aliphatic rings. The van der Waals surface area contributed by atoms with Crippen molar-refractivity contribution in [1.82, 2.24) is 4.37 Å². The van der Waals surface area contributed by atoms with Crippen molar-refractivity contribution in [2.75, 3.05) is 0 Å². The molecule has 6 heteroatoms. The zero-order valence-corrected chi connectivity index (χ0v) is 11.8. The Bertz CT molecular complexity index is 340. The van der Waals surface area contributed by atoms with Gasteiger partial charge >= 0.3 is 0 Å². The van der Waals surface area contributed by atoms with Crippen molar-refractivity contribution in [3.8, 4) is 0 Å². The highest BCUT2D eigenvalue weighted by Gasteiger charge is 2.16. The lowest BCUT2D eigenvalue weighted by Crippen LogP contribution is -2.13. The Balaban J connectivity index is 2.75. The largest absolute Gasteiger partial charge is 0.474 e. The molecule has 0 aliphatic heterocycles. The Labute approximate surface area is 104 Å². The van der Waals surface area contributed by atoms with Crippen molar-refractivity contribution >= 4 is 49.3 Å². The van der Waals surface area contributed by atoms with Crippen molar-refractivity contribution in [1.29, 1.82) is 5.41 Å². The highest BCUT2D eigenvalue weighted by atomic mass is 79.9. The fourth-order valence-corrected chi connectivity index (χ4v) is 2.46. The van der Waals surface area contributed by atoms with Crippen LogP contribution in [0.15, 0.2) is 9.08 Å². The van der Waals surface area contributed by atoms with E-state index in [2.05, 4.69) is 36.2 Å². The maximum Gasteiger partial charge on any atom is 0.226 e. The van der Waals surface area contributed by atoms with E-state index in [-0.39, 0.29) is 12.0 Å². The molecule has 78 valence electrons. The fourth-order valence-electron chi connectivity index (χ4n) is 0.739. The van der Waals surface area contributed by atoms with E-state index in [4.69, 9.17) is 10.1 Å². The minimum atomic E-state index is 0.0651.